The van der Waals surface area contributed by atoms with Crippen molar-refractivity contribution in [1.82, 2.24) is 0 Å². The first-order valence-electron chi connectivity index (χ1n) is 24.8. The van der Waals surface area contributed by atoms with Crippen LogP contribution in [0.4, 0.5) is 17.1 Å². The van der Waals surface area contributed by atoms with E-state index in [2.05, 4.69) is 229 Å². The fraction of sp³-hybridized carbons (Fsp3) is 0.443. The summed E-state index contributed by atoms with van der Waals surface area (Å²) in [6.45, 7) is 36.3. The number of fused-ring (bicyclic) bond motifs is 6. The van der Waals surface area contributed by atoms with Crippen LogP contribution in [0.5, 0.6) is 0 Å². The van der Waals surface area contributed by atoms with E-state index in [1.807, 2.05) is 0 Å². The molecule has 0 spiro atoms. The summed E-state index contributed by atoms with van der Waals surface area (Å²) < 4.78 is 0. The van der Waals surface area contributed by atoms with Crippen LogP contribution in [-0.2, 0) is 27.1 Å². The zero-order chi connectivity index (χ0) is 46.3. The Balaban J connectivity index is 1.34. The number of hydrogen-bond acceptors (Lipinski definition) is 3. The number of thioether (sulfide) groups is 1. The first kappa shape index (κ1) is 44.4. The molecular formula is C61H73BN2S. The molecule has 0 radical (unpaired) electrons. The average molecular weight is 877 g/mol. The van der Waals surface area contributed by atoms with Crippen LogP contribution in [0.2, 0.25) is 0 Å². The number of nitrogens with zero attached hydrogens (tertiary/aromatic N) is 2. The Labute approximate surface area is 397 Å². The van der Waals surface area contributed by atoms with Crippen LogP contribution >= 0.6 is 11.8 Å². The van der Waals surface area contributed by atoms with Gasteiger partial charge in [-0.3, -0.25) is 0 Å². The molecule has 3 unspecified atom stereocenters. The molecule has 0 fully saturated rings. The fourth-order valence-electron chi connectivity index (χ4n) is 11.9. The van der Waals surface area contributed by atoms with Crippen LogP contribution < -0.4 is 15.3 Å². The predicted octanol–water partition coefficient (Wildman–Crippen LogP) is 15.9. The highest BCUT2D eigenvalue weighted by molar-refractivity contribution is 8.06. The van der Waals surface area contributed by atoms with E-state index in [0.29, 0.717) is 11.2 Å². The van der Waals surface area contributed by atoms with Gasteiger partial charge in [-0.15, -0.1) is 11.8 Å². The number of allylic oxidation sites excluding steroid dienone is 4. The van der Waals surface area contributed by atoms with Crippen LogP contribution in [0.25, 0.3) is 11.1 Å². The van der Waals surface area contributed by atoms with Gasteiger partial charge >= 0.3 is 0 Å². The molecule has 0 N–H and O–H groups in total. The molecular weight excluding hydrogens is 804 g/mol. The highest BCUT2D eigenvalue weighted by Gasteiger charge is 2.55. The molecule has 0 saturated carbocycles. The van der Waals surface area contributed by atoms with Crippen molar-refractivity contribution in [2.24, 2.45) is 5.92 Å². The summed E-state index contributed by atoms with van der Waals surface area (Å²) in [6.07, 6.45) is 14.7. The van der Waals surface area contributed by atoms with Crippen molar-refractivity contribution >= 4 is 41.0 Å². The maximum Gasteiger partial charge on any atom is 0.254 e. The Morgan fingerprint density at radius 2 is 1.35 bits per heavy atom. The quantitative estimate of drug-likeness (QED) is 0.189. The van der Waals surface area contributed by atoms with Crippen LogP contribution in [0.15, 0.2) is 136 Å². The second kappa shape index (κ2) is 15.1. The summed E-state index contributed by atoms with van der Waals surface area (Å²) in [4.78, 5) is 7.22. The van der Waals surface area contributed by atoms with Gasteiger partial charge in [0, 0.05) is 39.5 Å². The van der Waals surface area contributed by atoms with Crippen LogP contribution in [-0.4, -0.2) is 18.0 Å². The van der Waals surface area contributed by atoms with Gasteiger partial charge in [-0.1, -0.05) is 175 Å². The third-order valence-electron chi connectivity index (χ3n) is 16.1. The fourth-order valence-corrected chi connectivity index (χ4v) is 13.5. The molecule has 4 heteroatoms. The Kier molecular flexibility index (Phi) is 10.3. The minimum atomic E-state index is 0.00147. The molecule has 0 bridgehead atoms. The number of hydrogen-bond donors (Lipinski definition) is 0. The lowest BCUT2D eigenvalue weighted by atomic mass is 9.34. The molecule has 2 nitrogen and oxygen atoms in total. The smallest absolute Gasteiger partial charge is 0.254 e. The van der Waals surface area contributed by atoms with E-state index >= 15 is 0 Å². The zero-order valence-corrected chi connectivity index (χ0v) is 43.1. The predicted molar refractivity (Wildman–Crippen MR) is 285 cm³/mol. The second-order valence-corrected chi connectivity index (χ2v) is 26.1. The standard InChI is InChI=1S/C61H73BN2S/c1-16-38-22-25-53-45(30-38)55-56(65-53)62-48-35-46-47(61(14,15)27-26-60(46,12)13)36-50(48)64(49-24-23-40(57(3,4)5)34-44(49)39-20-18-17-19-21-39)52-29-37(2)28-51(54(52)62)63(55)43-32-41(58(6,7)8)31-42(33-43)59(9,10)11/h17-25,29-36,45,51,53H,16,26-28H2,1-15H3. The molecule has 6 aliphatic rings. The van der Waals surface area contributed by atoms with Gasteiger partial charge in [0.15, 0.2) is 0 Å². The topological polar surface area (TPSA) is 6.48 Å². The van der Waals surface area contributed by atoms with Crippen molar-refractivity contribution < 1.29 is 0 Å². The van der Waals surface area contributed by atoms with E-state index < -0.39 is 0 Å². The highest BCUT2D eigenvalue weighted by atomic mass is 32.2. The summed E-state index contributed by atoms with van der Waals surface area (Å²) >= 11 is 2.17. The first-order valence-corrected chi connectivity index (χ1v) is 25.7. The van der Waals surface area contributed by atoms with Crippen molar-refractivity contribution in [3.63, 3.8) is 0 Å². The zero-order valence-electron chi connectivity index (χ0n) is 42.3. The molecule has 3 aliphatic heterocycles. The molecule has 4 aromatic carbocycles. The van der Waals surface area contributed by atoms with Gasteiger partial charge in [0.05, 0.1) is 11.7 Å². The van der Waals surface area contributed by atoms with Crippen LogP contribution in [0.1, 0.15) is 157 Å². The van der Waals surface area contributed by atoms with Gasteiger partial charge in [0.2, 0.25) is 0 Å². The molecule has 0 amide bonds. The van der Waals surface area contributed by atoms with Crippen LogP contribution in [0.3, 0.4) is 0 Å². The van der Waals surface area contributed by atoms with Crippen molar-refractivity contribution in [2.45, 2.75) is 168 Å². The van der Waals surface area contributed by atoms with Gasteiger partial charge in [0.25, 0.3) is 6.71 Å². The van der Waals surface area contributed by atoms with E-state index in [9.17, 15) is 0 Å². The maximum absolute atomic E-state index is 2.90. The lowest BCUT2D eigenvalue weighted by Gasteiger charge is -2.52. The third kappa shape index (κ3) is 7.30. The molecule has 336 valence electrons. The Morgan fingerprint density at radius 1 is 0.723 bits per heavy atom. The first-order chi connectivity index (χ1) is 30.5. The summed E-state index contributed by atoms with van der Waals surface area (Å²) in [5.74, 6) is 0.312. The molecule has 65 heavy (non-hydrogen) atoms. The van der Waals surface area contributed by atoms with E-state index in [-0.39, 0.29) is 39.8 Å². The van der Waals surface area contributed by atoms with Crippen molar-refractivity contribution in [3.8, 4) is 11.1 Å². The van der Waals surface area contributed by atoms with E-state index in [1.54, 1.807) is 21.5 Å². The molecule has 0 saturated heterocycles. The monoisotopic (exact) mass is 877 g/mol. The molecule has 3 atom stereocenters. The SMILES string of the molecule is CCC1=CC2C3=C(SC2C=C1)B1C2=C(C=C(C)CC2N3c2cc(C(C)(C)C)cc(C(C)(C)C)c2)N(c2ccc(C(C)(C)C)cc2-c2ccccc2)c2cc3c(cc21)C(C)(C)CCC3(C)C. The minimum absolute atomic E-state index is 0.00147. The van der Waals surface area contributed by atoms with Crippen LogP contribution in [0, 0.1) is 5.92 Å². The Bertz CT molecular complexity index is 2760. The lowest BCUT2D eigenvalue weighted by molar-refractivity contribution is 0.332. The summed E-state index contributed by atoms with van der Waals surface area (Å²) in [5, 5.41) is 0.369. The van der Waals surface area contributed by atoms with E-state index in [4.69, 9.17) is 0 Å². The van der Waals surface area contributed by atoms with Gasteiger partial charge in [-0.05, 0) is 145 Å². The summed E-state index contributed by atoms with van der Waals surface area (Å²) in [5.41, 5.74) is 22.9. The highest BCUT2D eigenvalue weighted by Crippen LogP contribution is 2.59. The van der Waals surface area contributed by atoms with Crippen molar-refractivity contribution in [2.75, 3.05) is 9.80 Å². The second-order valence-electron chi connectivity index (χ2n) is 24.8. The van der Waals surface area contributed by atoms with E-state index in [0.717, 1.165) is 12.8 Å². The Hall–Kier alpha value is -4.41. The molecule has 4 aromatic rings. The van der Waals surface area contributed by atoms with Gasteiger partial charge in [0.1, 0.15) is 0 Å². The average Bonchev–Trinajstić information content (AvgIpc) is 3.62. The summed E-state index contributed by atoms with van der Waals surface area (Å²) in [6, 6.07) is 31.8. The van der Waals surface area contributed by atoms with Crippen molar-refractivity contribution in [3.05, 3.63) is 164 Å². The molecule has 3 heterocycles. The largest absolute Gasteiger partial charge is 0.338 e. The lowest BCUT2D eigenvalue weighted by Crippen LogP contribution is -2.57. The molecule has 3 aliphatic carbocycles. The molecule has 10 rings (SSSR count). The summed E-state index contributed by atoms with van der Waals surface area (Å²) in [7, 11) is 0. The van der Waals surface area contributed by atoms with Gasteiger partial charge in [-0.2, -0.15) is 0 Å². The maximum atomic E-state index is 2.90. The van der Waals surface area contributed by atoms with Gasteiger partial charge < -0.3 is 9.80 Å². The number of anilines is 3. The number of rotatable bonds is 4. The third-order valence-corrected chi connectivity index (χ3v) is 17.5. The number of benzene rings is 4. The molecule has 0 aromatic heterocycles. The normalized spacial score (nSPS) is 23.1. The van der Waals surface area contributed by atoms with Crippen molar-refractivity contribution in [1.29, 1.82) is 0 Å². The Morgan fingerprint density at radius 3 is 1.97 bits per heavy atom. The van der Waals surface area contributed by atoms with E-state index in [1.165, 1.54) is 85.6 Å². The van der Waals surface area contributed by atoms with Gasteiger partial charge in [-0.25, -0.2) is 0 Å². The minimum Gasteiger partial charge on any atom is -0.338 e.